The number of ether oxygens (including phenoxy) is 1. The number of aromatic amines is 1. The lowest BCUT2D eigenvalue weighted by molar-refractivity contribution is -0.131. The Balaban J connectivity index is 1.58. The van der Waals surface area contributed by atoms with Crippen LogP contribution in [0.2, 0.25) is 0 Å². The zero-order valence-electron chi connectivity index (χ0n) is 17.9. The van der Waals surface area contributed by atoms with Crippen LogP contribution in [-0.4, -0.2) is 63.8 Å². The molecule has 0 bridgehead atoms. The first-order chi connectivity index (χ1) is 15.0. The molecule has 1 atom stereocenters. The van der Waals surface area contributed by atoms with Gasteiger partial charge in [0.25, 0.3) is 0 Å². The van der Waals surface area contributed by atoms with E-state index in [2.05, 4.69) is 20.2 Å². The molecule has 9 heteroatoms. The average molecular weight is 422 g/mol. The number of phenols is 1. The molecule has 2 N–H and O–H groups in total. The molecule has 3 heterocycles. The van der Waals surface area contributed by atoms with Crippen molar-refractivity contribution in [2.75, 3.05) is 32.6 Å². The summed E-state index contributed by atoms with van der Waals surface area (Å²) >= 11 is 0. The number of hydrogen-bond acceptors (Lipinski definition) is 7. The molecule has 3 aromatic rings. The molecule has 0 spiro atoms. The number of nitrogens with one attached hydrogen (secondary N) is 1. The van der Waals surface area contributed by atoms with Gasteiger partial charge >= 0.3 is 0 Å². The number of likely N-dealkylation sites (tertiary alicyclic amines) is 1. The van der Waals surface area contributed by atoms with Gasteiger partial charge in [-0.1, -0.05) is 6.07 Å². The van der Waals surface area contributed by atoms with E-state index < -0.39 is 0 Å². The van der Waals surface area contributed by atoms with Gasteiger partial charge in [-0.3, -0.25) is 9.89 Å². The quantitative estimate of drug-likeness (QED) is 0.629. The summed E-state index contributed by atoms with van der Waals surface area (Å²) in [6.45, 7) is 0.684. The predicted octanol–water partition coefficient (Wildman–Crippen LogP) is 2.55. The Hall–Kier alpha value is -3.62. The smallest absolute Gasteiger partial charge is 0.227 e. The highest BCUT2D eigenvalue weighted by Gasteiger charge is 2.33. The highest BCUT2D eigenvalue weighted by atomic mass is 16.5. The summed E-state index contributed by atoms with van der Waals surface area (Å²) in [6.07, 6.45) is 5.48. The van der Waals surface area contributed by atoms with E-state index in [1.54, 1.807) is 30.6 Å². The number of benzene rings is 1. The normalized spacial score (nSPS) is 15.8. The number of carbonyl (C=O) groups is 1. The Morgan fingerprint density at radius 3 is 2.97 bits per heavy atom. The molecule has 1 fully saturated rings. The molecule has 1 aromatic carbocycles. The minimum atomic E-state index is -0.0956. The van der Waals surface area contributed by atoms with Crippen molar-refractivity contribution in [2.45, 2.75) is 25.3 Å². The van der Waals surface area contributed by atoms with Crippen molar-refractivity contribution in [3.8, 4) is 22.8 Å². The van der Waals surface area contributed by atoms with Crippen LogP contribution in [-0.2, 0) is 11.2 Å². The fourth-order valence-electron chi connectivity index (χ4n) is 3.94. The lowest BCUT2D eigenvalue weighted by Crippen LogP contribution is -2.32. The number of hydrogen-bond donors (Lipinski definition) is 2. The molecule has 0 saturated carbocycles. The fraction of sp³-hybridized carbons (Fsp3) is 0.364. The Morgan fingerprint density at radius 1 is 1.35 bits per heavy atom. The number of phenolic OH excluding ortho intramolecular Hbond substituents is 1. The van der Waals surface area contributed by atoms with Crippen molar-refractivity contribution < 1.29 is 14.6 Å². The maximum atomic E-state index is 13.2. The summed E-state index contributed by atoms with van der Waals surface area (Å²) in [5, 5.41) is 17.1. The van der Waals surface area contributed by atoms with Crippen LogP contribution >= 0.6 is 0 Å². The Kier molecular flexibility index (Phi) is 5.75. The van der Waals surface area contributed by atoms with Crippen molar-refractivity contribution in [3.05, 3.63) is 47.9 Å². The number of anilines is 1. The maximum Gasteiger partial charge on any atom is 0.227 e. The van der Waals surface area contributed by atoms with Crippen LogP contribution in [0.5, 0.6) is 11.5 Å². The topological polar surface area (TPSA) is 107 Å². The van der Waals surface area contributed by atoms with E-state index in [4.69, 9.17) is 4.74 Å². The van der Waals surface area contributed by atoms with E-state index in [0.29, 0.717) is 18.2 Å². The van der Waals surface area contributed by atoms with Gasteiger partial charge in [-0.05, 0) is 36.6 Å². The molecule has 1 aliphatic rings. The molecular weight excluding hydrogens is 396 g/mol. The molecule has 2 aromatic heterocycles. The van der Waals surface area contributed by atoms with Crippen molar-refractivity contribution in [3.63, 3.8) is 0 Å². The number of nitrogens with zero attached hydrogens (tertiary/aromatic N) is 5. The van der Waals surface area contributed by atoms with Crippen LogP contribution < -0.4 is 9.64 Å². The van der Waals surface area contributed by atoms with E-state index in [-0.39, 0.29) is 24.1 Å². The molecule has 1 unspecified atom stereocenters. The molecule has 1 saturated heterocycles. The molecule has 0 aliphatic carbocycles. The summed E-state index contributed by atoms with van der Waals surface area (Å²) in [7, 11) is 5.28. The summed E-state index contributed by atoms with van der Waals surface area (Å²) < 4.78 is 5.16. The lowest BCUT2D eigenvalue weighted by atomic mass is 10.0. The molecule has 9 nitrogen and oxygen atoms in total. The summed E-state index contributed by atoms with van der Waals surface area (Å²) in [6, 6.07) is 6.75. The third-order valence-corrected chi connectivity index (χ3v) is 5.49. The molecule has 4 rings (SSSR count). The van der Waals surface area contributed by atoms with Crippen LogP contribution in [0.4, 0.5) is 5.95 Å². The van der Waals surface area contributed by atoms with Gasteiger partial charge in [0.05, 0.1) is 37.2 Å². The second-order valence-electron chi connectivity index (χ2n) is 7.76. The van der Waals surface area contributed by atoms with E-state index >= 15 is 0 Å². The average Bonchev–Trinajstić information content (AvgIpc) is 3.44. The largest absolute Gasteiger partial charge is 0.504 e. The molecule has 1 amide bonds. The van der Waals surface area contributed by atoms with Crippen LogP contribution in [0.1, 0.15) is 30.1 Å². The SMILES string of the molecule is COc1cc(CC(=O)N2CCCC2c2[nH]ncc2-c2ccnc(N(C)C)n2)ccc1O. The first-order valence-electron chi connectivity index (χ1n) is 10.2. The third-order valence-electron chi connectivity index (χ3n) is 5.49. The van der Waals surface area contributed by atoms with Crippen molar-refractivity contribution >= 4 is 11.9 Å². The van der Waals surface area contributed by atoms with E-state index in [9.17, 15) is 9.90 Å². The monoisotopic (exact) mass is 422 g/mol. The molecule has 0 radical (unpaired) electrons. The Morgan fingerprint density at radius 2 is 2.19 bits per heavy atom. The van der Waals surface area contributed by atoms with Crippen LogP contribution in [0.25, 0.3) is 11.3 Å². The molecule has 1 aliphatic heterocycles. The van der Waals surface area contributed by atoms with Crippen LogP contribution in [0.3, 0.4) is 0 Å². The molecule has 162 valence electrons. The molecular formula is C22H26N6O3. The Bertz CT molecular complexity index is 1080. The van der Waals surface area contributed by atoms with Gasteiger partial charge in [0, 0.05) is 32.4 Å². The maximum absolute atomic E-state index is 13.2. The number of methoxy groups -OCH3 is 1. The molecule has 31 heavy (non-hydrogen) atoms. The van der Waals surface area contributed by atoms with E-state index in [0.717, 1.165) is 35.4 Å². The minimum absolute atomic E-state index is 0.0208. The van der Waals surface area contributed by atoms with Crippen molar-refractivity contribution in [2.24, 2.45) is 0 Å². The van der Waals surface area contributed by atoms with Crippen LogP contribution in [0.15, 0.2) is 36.7 Å². The number of H-pyrrole nitrogens is 1. The van der Waals surface area contributed by atoms with Gasteiger partial charge in [0.1, 0.15) is 0 Å². The third kappa shape index (κ3) is 4.16. The predicted molar refractivity (Wildman–Crippen MR) is 116 cm³/mol. The standard InChI is InChI=1S/C22H26N6O3/c1-27(2)22-23-9-8-16(25-22)15-13-24-26-21(15)17-5-4-10-28(17)20(30)12-14-6-7-18(29)19(11-14)31-3/h6-9,11,13,17,29H,4-5,10,12H2,1-3H3,(H,24,26). The lowest BCUT2D eigenvalue weighted by Gasteiger charge is -2.25. The van der Waals surface area contributed by atoms with E-state index in [1.165, 1.54) is 7.11 Å². The second-order valence-corrected chi connectivity index (χ2v) is 7.76. The van der Waals surface area contributed by atoms with Crippen LogP contribution in [0, 0.1) is 0 Å². The Labute approximate surface area is 180 Å². The van der Waals surface area contributed by atoms with Crippen molar-refractivity contribution in [1.82, 2.24) is 25.1 Å². The summed E-state index contributed by atoms with van der Waals surface area (Å²) in [5.74, 6) is 1.05. The van der Waals surface area contributed by atoms with Gasteiger partial charge in [-0.2, -0.15) is 5.10 Å². The second kappa shape index (κ2) is 8.63. The van der Waals surface area contributed by atoms with E-state index in [1.807, 2.05) is 30.0 Å². The fourth-order valence-corrected chi connectivity index (χ4v) is 3.94. The highest BCUT2D eigenvalue weighted by Crippen LogP contribution is 2.36. The van der Waals surface area contributed by atoms with Gasteiger partial charge in [-0.25, -0.2) is 9.97 Å². The minimum Gasteiger partial charge on any atom is -0.504 e. The first-order valence-corrected chi connectivity index (χ1v) is 10.2. The summed E-state index contributed by atoms with van der Waals surface area (Å²) in [5.41, 5.74) is 3.32. The zero-order valence-corrected chi connectivity index (χ0v) is 17.9. The highest BCUT2D eigenvalue weighted by molar-refractivity contribution is 5.80. The van der Waals surface area contributed by atoms with Crippen molar-refractivity contribution in [1.29, 1.82) is 0 Å². The first kappa shape index (κ1) is 20.6. The number of rotatable bonds is 6. The number of aromatic nitrogens is 4. The van der Waals surface area contributed by atoms with Gasteiger partial charge in [-0.15, -0.1) is 0 Å². The van der Waals surface area contributed by atoms with Gasteiger partial charge in [0.15, 0.2) is 11.5 Å². The van der Waals surface area contributed by atoms with Gasteiger partial charge < -0.3 is 19.6 Å². The number of aromatic hydroxyl groups is 1. The zero-order chi connectivity index (χ0) is 22.0. The number of amides is 1. The number of carbonyl (C=O) groups excluding carboxylic acids is 1. The summed E-state index contributed by atoms with van der Waals surface area (Å²) in [4.78, 5) is 25.8. The van der Waals surface area contributed by atoms with Gasteiger partial charge in [0.2, 0.25) is 11.9 Å².